The molecule has 1 aromatic heterocycles. The SMILES string of the molecule is COc1ccc2nc(C(C)(N)CO)ncc2c1. The van der Waals surface area contributed by atoms with Crippen molar-refractivity contribution in [2.45, 2.75) is 12.5 Å². The van der Waals surface area contributed by atoms with Gasteiger partial charge in [-0.05, 0) is 25.1 Å². The highest BCUT2D eigenvalue weighted by atomic mass is 16.5. The predicted octanol–water partition coefficient (Wildman–Crippen LogP) is 0.805. The Morgan fingerprint density at radius 3 is 2.88 bits per heavy atom. The predicted molar refractivity (Wildman–Crippen MR) is 64.7 cm³/mol. The molecule has 0 aliphatic rings. The second kappa shape index (κ2) is 4.27. The van der Waals surface area contributed by atoms with Gasteiger partial charge in [0.25, 0.3) is 0 Å². The van der Waals surface area contributed by atoms with E-state index >= 15 is 0 Å². The number of methoxy groups -OCH3 is 1. The maximum absolute atomic E-state index is 9.18. The third kappa shape index (κ3) is 2.20. The van der Waals surface area contributed by atoms with Gasteiger partial charge in [0, 0.05) is 11.6 Å². The molecule has 1 atom stereocenters. The van der Waals surface area contributed by atoms with Gasteiger partial charge in [0.1, 0.15) is 5.75 Å². The van der Waals surface area contributed by atoms with Gasteiger partial charge in [0.2, 0.25) is 0 Å². The Kier molecular flexibility index (Phi) is 2.95. The van der Waals surface area contributed by atoms with Crippen molar-refractivity contribution in [1.29, 1.82) is 0 Å². The van der Waals surface area contributed by atoms with Crippen LogP contribution >= 0.6 is 0 Å². The van der Waals surface area contributed by atoms with E-state index in [-0.39, 0.29) is 6.61 Å². The third-order valence-electron chi connectivity index (χ3n) is 2.63. The molecular weight excluding hydrogens is 218 g/mol. The monoisotopic (exact) mass is 233 g/mol. The average Bonchev–Trinajstić information content (AvgIpc) is 2.37. The van der Waals surface area contributed by atoms with Crippen molar-refractivity contribution in [2.24, 2.45) is 5.73 Å². The number of hydrogen-bond acceptors (Lipinski definition) is 5. The number of aromatic nitrogens is 2. The molecule has 0 radical (unpaired) electrons. The Balaban J connectivity index is 2.52. The number of rotatable bonds is 3. The quantitative estimate of drug-likeness (QED) is 0.819. The lowest BCUT2D eigenvalue weighted by Crippen LogP contribution is -2.38. The summed E-state index contributed by atoms with van der Waals surface area (Å²) in [6.45, 7) is 1.49. The molecule has 0 aliphatic heterocycles. The number of nitrogens with two attached hydrogens (primary N) is 1. The van der Waals surface area contributed by atoms with Gasteiger partial charge in [-0.15, -0.1) is 0 Å². The smallest absolute Gasteiger partial charge is 0.150 e. The first-order chi connectivity index (χ1) is 8.06. The van der Waals surface area contributed by atoms with Gasteiger partial charge < -0.3 is 15.6 Å². The van der Waals surface area contributed by atoms with Crippen LogP contribution in [0.4, 0.5) is 0 Å². The van der Waals surface area contributed by atoms with Crippen LogP contribution in [0, 0.1) is 0 Å². The van der Waals surface area contributed by atoms with Crippen LogP contribution in [0.3, 0.4) is 0 Å². The fourth-order valence-electron chi connectivity index (χ4n) is 1.48. The van der Waals surface area contributed by atoms with Crippen LogP contribution in [0.1, 0.15) is 12.7 Å². The number of aliphatic hydroxyl groups excluding tert-OH is 1. The second-order valence-electron chi connectivity index (χ2n) is 4.19. The van der Waals surface area contributed by atoms with Crippen molar-refractivity contribution < 1.29 is 9.84 Å². The highest BCUT2D eigenvalue weighted by Gasteiger charge is 2.23. The molecule has 1 heterocycles. The van der Waals surface area contributed by atoms with Gasteiger partial charge in [-0.2, -0.15) is 0 Å². The van der Waals surface area contributed by atoms with E-state index in [1.54, 1.807) is 20.2 Å². The van der Waals surface area contributed by atoms with Crippen LogP contribution in [-0.2, 0) is 5.54 Å². The zero-order chi connectivity index (χ0) is 12.5. The minimum atomic E-state index is -0.923. The van der Waals surface area contributed by atoms with Crippen LogP contribution in [-0.4, -0.2) is 28.8 Å². The number of aliphatic hydroxyl groups is 1. The van der Waals surface area contributed by atoms with E-state index in [0.717, 1.165) is 16.7 Å². The summed E-state index contributed by atoms with van der Waals surface area (Å²) in [6.07, 6.45) is 1.68. The summed E-state index contributed by atoms with van der Waals surface area (Å²) in [5.41, 5.74) is 5.74. The highest BCUT2D eigenvalue weighted by Crippen LogP contribution is 2.20. The standard InChI is InChI=1S/C12H15N3O2/c1-12(13,7-16)11-14-6-8-5-9(17-2)3-4-10(8)15-11/h3-6,16H,7,13H2,1-2H3. The van der Waals surface area contributed by atoms with Gasteiger partial charge in [-0.25, -0.2) is 9.97 Å². The first kappa shape index (κ1) is 11.8. The summed E-state index contributed by atoms with van der Waals surface area (Å²) in [6, 6.07) is 5.52. The van der Waals surface area contributed by atoms with E-state index in [4.69, 9.17) is 10.5 Å². The minimum Gasteiger partial charge on any atom is -0.497 e. The molecule has 0 saturated heterocycles. The van der Waals surface area contributed by atoms with Gasteiger partial charge in [0.05, 0.1) is 24.8 Å². The molecule has 1 aromatic carbocycles. The Hall–Kier alpha value is -1.72. The molecular formula is C12H15N3O2. The summed E-state index contributed by atoms with van der Waals surface area (Å²) in [4.78, 5) is 8.51. The summed E-state index contributed by atoms with van der Waals surface area (Å²) < 4.78 is 5.12. The third-order valence-corrected chi connectivity index (χ3v) is 2.63. The number of fused-ring (bicyclic) bond motifs is 1. The van der Waals surface area contributed by atoms with Crippen LogP contribution < -0.4 is 10.5 Å². The average molecular weight is 233 g/mol. The Bertz CT molecular complexity index is 540. The van der Waals surface area contributed by atoms with E-state index in [1.165, 1.54) is 0 Å². The van der Waals surface area contributed by atoms with E-state index in [9.17, 15) is 5.11 Å². The van der Waals surface area contributed by atoms with Crippen molar-refractivity contribution in [3.05, 3.63) is 30.2 Å². The number of ether oxygens (including phenoxy) is 1. The van der Waals surface area contributed by atoms with Crippen molar-refractivity contribution in [3.8, 4) is 5.75 Å². The normalized spacial score (nSPS) is 14.6. The van der Waals surface area contributed by atoms with E-state index < -0.39 is 5.54 Å². The zero-order valence-corrected chi connectivity index (χ0v) is 9.84. The maximum atomic E-state index is 9.18. The molecule has 0 aliphatic carbocycles. The first-order valence-corrected chi connectivity index (χ1v) is 5.28. The number of benzene rings is 1. The zero-order valence-electron chi connectivity index (χ0n) is 9.84. The molecule has 5 nitrogen and oxygen atoms in total. The van der Waals surface area contributed by atoms with Crippen molar-refractivity contribution in [2.75, 3.05) is 13.7 Å². The first-order valence-electron chi connectivity index (χ1n) is 5.28. The molecule has 2 aromatic rings. The Morgan fingerprint density at radius 1 is 1.47 bits per heavy atom. The molecule has 2 rings (SSSR count). The molecule has 90 valence electrons. The Labute approximate surface area is 99.3 Å². The lowest BCUT2D eigenvalue weighted by molar-refractivity contribution is 0.203. The van der Waals surface area contributed by atoms with Crippen molar-refractivity contribution >= 4 is 10.9 Å². The van der Waals surface area contributed by atoms with Crippen LogP contribution in [0.2, 0.25) is 0 Å². The number of hydrogen-bond donors (Lipinski definition) is 2. The molecule has 0 saturated carbocycles. The van der Waals surface area contributed by atoms with Gasteiger partial charge in [-0.1, -0.05) is 0 Å². The summed E-state index contributed by atoms with van der Waals surface area (Å²) in [7, 11) is 1.61. The van der Waals surface area contributed by atoms with Crippen LogP contribution in [0.5, 0.6) is 5.75 Å². The molecule has 0 fully saturated rings. The van der Waals surface area contributed by atoms with Gasteiger partial charge in [-0.3, -0.25) is 0 Å². The molecule has 17 heavy (non-hydrogen) atoms. The molecule has 0 bridgehead atoms. The topological polar surface area (TPSA) is 81.3 Å². The molecule has 3 N–H and O–H groups in total. The molecule has 0 amide bonds. The fraction of sp³-hybridized carbons (Fsp3) is 0.333. The minimum absolute atomic E-state index is 0.200. The van der Waals surface area contributed by atoms with Crippen LogP contribution in [0.25, 0.3) is 10.9 Å². The Morgan fingerprint density at radius 2 is 2.24 bits per heavy atom. The maximum Gasteiger partial charge on any atom is 0.150 e. The van der Waals surface area contributed by atoms with E-state index in [1.807, 2.05) is 18.2 Å². The van der Waals surface area contributed by atoms with Gasteiger partial charge >= 0.3 is 0 Å². The van der Waals surface area contributed by atoms with Crippen molar-refractivity contribution in [1.82, 2.24) is 9.97 Å². The number of nitrogens with zero attached hydrogens (tertiary/aromatic N) is 2. The van der Waals surface area contributed by atoms with E-state index in [0.29, 0.717) is 5.82 Å². The van der Waals surface area contributed by atoms with Crippen LogP contribution in [0.15, 0.2) is 24.4 Å². The summed E-state index contributed by atoms with van der Waals surface area (Å²) >= 11 is 0. The fourth-order valence-corrected chi connectivity index (χ4v) is 1.48. The lowest BCUT2D eigenvalue weighted by atomic mass is 10.0. The lowest BCUT2D eigenvalue weighted by Gasteiger charge is -2.19. The largest absolute Gasteiger partial charge is 0.497 e. The molecule has 1 unspecified atom stereocenters. The van der Waals surface area contributed by atoms with E-state index in [2.05, 4.69) is 9.97 Å². The van der Waals surface area contributed by atoms with Crippen molar-refractivity contribution in [3.63, 3.8) is 0 Å². The molecule has 5 heteroatoms. The highest BCUT2D eigenvalue weighted by molar-refractivity contribution is 5.79. The summed E-state index contributed by atoms with van der Waals surface area (Å²) in [5, 5.41) is 10.1. The van der Waals surface area contributed by atoms with Gasteiger partial charge in [0.15, 0.2) is 5.82 Å². The second-order valence-corrected chi connectivity index (χ2v) is 4.19. The summed E-state index contributed by atoms with van der Waals surface area (Å²) in [5.74, 6) is 1.18. The molecule has 0 spiro atoms.